The number of nitrogens with zero attached hydrogens (tertiary/aromatic N) is 1. The Morgan fingerprint density at radius 3 is 1.95 bits per heavy atom. The van der Waals surface area contributed by atoms with Crippen LogP contribution in [0.2, 0.25) is 0 Å². The molecule has 8 heteroatoms. The van der Waals surface area contributed by atoms with E-state index in [1.165, 1.54) is 0 Å². The predicted octanol–water partition coefficient (Wildman–Crippen LogP) is 6.11. The molecular formula is C31H31N3O5. The van der Waals surface area contributed by atoms with Crippen molar-refractivity contribution in [3.8, 4) is 23.0 Å². The molecular weight excluding hydrogens is 494 g/mol. The first kappa shape index (κ1) is 27.1. The van der Waals surface area contributed by atoms with Gasteiger partial charge in [-0.2, -0.15) is 0 Å². The van der Waals surface area contributed by atoms with Gasteiger partial charge in [-0.3, -0.25) is 9.69 Å². The van der Waals surface area contributed by atoms with Crippen molar-refractivity contribution in [3.05, 3.63) is 109 Å². The van der Waals surface area contributed by atoms with E-state index in [0.29, 0.717) is 48.1 Å². The lowest BCUT2D eigenvalue weighted by Crippen LogP contribution is -2.38. The molecule has 2 N–H and O–H groups in total. The number of hydrogen-bond acceptors (Lipinski definition) is 5. The van der Waals surface area contributed by atoms with Crippen molar-refractivity contribution in [2.45, 2.75) is 6.42 Å². The molecule has 4 aromatic rings. The fourth-order valence-electron chi connectivity index (χ4n) is 3.71. The van der Waals surface area contributed by atoms with Crippen molar-refractivity contribution >= 4 is 23.3 Å². The highest BCUT2D eigenvalue weighted by Crippen LogP contribution is 2.25. The number of benzene rings is 4. The molecule has 0 radical (unpaired) electrons. The van der Waals surface area contributed by atoms with Gasteiger partial charge in [-0.05, 0) is 79.2 Å². The second-order valence-electron chi connectivity index (χ2n) is 8.52. The van der Waals surface area contributed by atoms with Crippen LogP contribution in [0.25, 0.3) is 0 Å². The number of ether oxygens (including phenoxy) is 3. The molecule has 0 heterocycles. The first-order valence-corrected chi connectivity index (χ1v) is 12.6. The monoisotopic (exact) mass is 525 g/mol. The van der Waals surface area contributed by atoms with Gasteiger partial charge in [0.2, 0.25) is 0 Å². The van der Waals surface area contributed by atoms with Gasteiger partial charge in [0.15, 0.2) is 6.61 Å². The molecule has 0 aromatic heterocycles. The van der Waals surface area contributed by atoms with Crippen molar-refractivity contribution in [2.75, 3.05) is 37.0 Å². The Morgan fingerprint density at radius 2 is 1.31 bits per heavy atom. The third-order valence-corrected chi connectivity index (χ3v) is 5.71. The van der Waals surface area contributed by atoms with Gasteiger partial charge in [0.25, 0.3) is 5.91 Å². The summed E-state index contributed by atoms with van der Waals surface area (Å²) >= 11 is 0. The highest BCUT2D eigenvalue weighted by Gasteiger charge is 2.16. The second-order valence-corrected chi connectivity index (χ2v) is 8.52. The normalized spacial score (nSPS) is 10.3. The summed E-state index contributed by atoms with van der Waals surface area (Å²) in [4.78, 5) is 27.1. The van der Waals surface area contributed by atoms with Crippen LogP contribution in [0.1, 0.15) is 6.42 Å². The molecule has 0 saturated heterocycles. The van der Waals surface area contributed by atoms with Crippen molar-refractivity contribution in [1.29, 1.82) is 0 Å². The first-order chi connectivity index (χ1) is 19.1. The van der Waals surface area contributed by atoms with Gasteiger partial charge in [-0.25, -0.2) is 4.79 Å². The number of anilines is 2. The van der Waals surface area contributed by atoms with Gasteiger partial charge in [-0.15, -0.1) is 0 Å². The largest absolute Gasteiger partial charge is 0.497 e. The summed E-state index contributed by atoms with van der Waals surface area (Å²) in [5.41, 5.74) is 1.33. The maximum absolute atomic E-state index is 13.3. The third-order valence-electron chi connectivity index (χ3n) is 5.71. The maximum Gasteiger partial charge on any atom is 0.326 e. The number of urea groups is 1. The average molecular weight is 526 g/mol. The minimum Gasteiger partial charge on any atom is -0.497 e. The van der Waals surface area contributed by atoms with E-state index >= 15 is 0 Å². The van der Waals surface area contributed by atoms with Gasteiger partial charge in [0.1, 0.15) is 23.0 Å². The molecule has 0 atom stereocenters. The fourth-order valence-corrected chi connectivity index (χ4v) is 3.71. The number of rotatable bonds is 12. The fraction of sp³-hybridized carbons (Fsp3) is 0.161. The van der Waals surface area contributed by atoms with Gasteiger partial charge in [-0.1, -0.05) is 36.4 Å². The maximum atomic E-state index is 13.3. The Labute approximate surface area is 228 Å². The molecule has 200 valence electrons. The van der Waals surface area contributed by atoms with Gasteiger partial charge in [0, 0.05) is 24.5 Å². The average Bonchev–Trinajstić information content (AvgIpc) is 2.98. The first-order valence-electron chi connectivity index (χ1n) is 12.6. The van der Waals surface area contributed by atoms with E-state index < -0.39 is 0 Å². The zero-order valence-corrected chi connectivity index (χ0v) is 21.7. The van der Waals surface area contributed by atoms with Gasteiger partial charge < -0.3 is 24.8 Å². The molecule has 0 bridgehead atoms. The topological polar surface area (TPSA) is 89.1 Å². The van der Waals surface area contributed by atoms with Crippen LogP contribution in [-0.2, 0) is 4.79 Å². The van der Waals surface area contributed by atoms with Crippen molar-refractivity contribution < 1.29 is 23.8 Å². The predicted molar refractivity (Wildman–Crippen MR) is 152 cm³/mol. The lowest BCUT2D eigenvalue weighted by Gasteiger charge is -2.24. The molecule has 0 unspecified atom stereocenters. The summed E-state index contributed by atoms with van der Waals surface area (Å²) < 4.78 is 16.6. The smallest absolute Gasteiger partial charge is 0.326 e. The van der Waals surface area contributed by atoms with E-state index in [4.69, 9.17) is 14.2 Å². The van der Waals surface area contributed by atoms with Crippen molar-refractivity contribution in [3.63, 3.8) is 0 Å². The molecule has 0 aliphatic rings. The van der Waals surface area contributed by atoms with Crippen LogP contribution in [0.15, 0.2) is 109 Å². The number of carbonyl (C=O) groups excluding carboxylic acids is 2. The molecule has 0 aliphatic carbocycles. The van der Waals surface area contributed by atoms with E-state index in [0.717, 1.165) is 5.75 Å². The number of hydrogen-bond donors (Lipinski definition) is 2. The molecule has 0 fully saturated rings. The van der Waals surface area contributed by atoms with Crippen LogP contribution in [0.5, 0.6) is 23.0 Å². The zero-order chi connectivity index (χ0) is 27.3. The Kier molecular flexibility index (Phi) is 9.78. The zero-order valence-electron chi connectivity index (χ0n) is 21.7. The van der Waals surface area contributed by atoms with E-state index in [-0.39, 0.29) is 18.5 Å². The van der Waals surface area contributed by atoms with E-state index in [2.05, 4.69) is 10.6 Å². The summed E-state index contributed by atoms with van der Waals surface area (Å²) in [6, 6.07) is 32.8. The summed E-state index contributed by atoms with van der Waals surface area (Å²) in [6.07, 6.45) is 0.537. The lowest BCUT2D eigenvalue weighted by atomic mass is 10.2. The molecule has 0 spiro atoms. The summed E-state index contributed by atoms with van der Waals surface area (Å²) in [7, 11) is 1.59. The molecule has 0 saturated carbocycles. The summed E-state index contributed by atoms with van der Waals surface area (Å²) in [5.74, 6) is 2.49. The Balaban J connectivity index is 1.36. The van der Waals surface area contributed by atoms with Crippen LogP contribution in [0.3, 0.4) is 0 Å². The van der Waals surface area contributed by atoms with Crippen LogP contribution < -0.4 is 29.7 Å². The standard InChI is InChI=1S/C31H31N3O5/c1-37-26-17-13-24(14-18-26)33-31(36)34(22-8-21-32-30(35)23-38-27-9-4-2-5-10-27)25-15-19-29(20-16-25)39-28-11-6-3-7-12-28/h2-7,9-20H,8,21-23H2,1H3,(H,32,35)(H,33,36). The molecule has 4 aromatic carbocycles. The Bertz CT molecular complexity index is 1310. The number of amides is 3. The van der Waals surface area contributed by atoms with Crippen LogP contribution >= 0.6 is 0 Å². The summed E-state index contributed by atoms with van der Waals surface area (Å²) in [6.45, 7) is 0.688. The second kappa shape index (κ2) is 14.1. The van der Waals surface area contributed by atoms with Gasteiger partial charge in [0.05, 0.1) is 7.11 Å². The minimum atomic E-state index is -0.296. The minimum absolute atomic E-state index is 0.0748. The Morgan fingerprint density at radius 1 is 0.718 bits per heavy atom. The van der Waals surface area contributed by atoms with Crippen LogP contribution in [-0.4, -0.2) is 38.7 Å². The summed E-state index contributed by atoms with van der Waals surface area (Å²) in [5, 5.41) is 5.77. The number of para-hydroxylation sites is 2. The van der Waals surface area contributed by atoms with Gasteiger partial charge >= 0.3 is 6.03 Å². The molecule has 3 amide bonds. The number of nitrogens with one attached hydrogen (secondary N) is 2. The molecule has 0 aliphatic heterocycles. The van der Waals surface area contributed by atoms with Crippen molar-refractivity contribution in [2.24, 2.45) is 0 Å². The number of methoxy groups -OCH3 is 1. The highest BCUT2D eigenvalue weighted by molar-refractivity contribution is 6.01. The molecule has 4 rings (SSSR count). The quantitative estimate of drug-likeness (QED) is 0.218. The third kappa shape index (κ3) is 8.53. The highest BCUT2D eigenvalue weighted by atomic mass is 16.5. The molecule has 39 heavy (non-hydrogen) atoms. The Hall–Kier alpha value is -4.98. The number of carbonyl (C=O) groups is 2. The lowest BCUT2D eigenvalue weighted by molar-refractivity contribution is -0.123. The van der Waals surface area contributed by atoms with Crippen LogP contribution in [0.4, 0.5) is 16.2 Å². The SMILES string of the molecule is COc1ccc(NC(=O)N(CCCNC(=O)COc2ccccc2)c2ccc(Oc3ccccc3)cc2)cc1. The van der Waals surface area contributed by atoms with Crippen molar-refractivity contribution in [1.82, 2.24) is 5.32 Å². The van der Waals surface area contributed by atoms with E-state index in [1.807, 2.05) is 72.8 Å². The molecule has 8 nitrogen and oxygen atoms in total. The van der Waals surface area contributed by atoms with E-state index in [9.17, 15) is 9.59 Å². The van der Waals surface area contributed by atoms with Crippen LogP contribution in [0, 0.1) is 0 Å². The van der Waals surface area contributed by atoms with E-state index in [1.54, 1.807) is 48.4 Å².